The van der Waals surface area contributed by atoms with Crippen LogP contribution in [0, 0.1) is 5.92 Å². The van der Waals surface area contributed by atoms with Gasteiger partial charge in [-0.2, -0.15) is 0 Å². The summed E-state index contributed by atoms with van der Waals surface area (Å²) in [6.45, 7) is 5.72. The number of anilines is 1. The normalized spacial score (nSPS) is 16.5. The molecule has 3 N–H and O–H groups in total. The molecule has 0 unspecified atom stereocenters. The number of carbonyl (C=O) groups is 2. The van der Waals surface area contributed by atoms with Gasteiger partial charge >= 0.3 is 6.03 Å². The second kappa shape index (κ2) is 9.88. The molecule has 2 rings (SSSR count). The summed E-state index contributed by atoms with van der Waals surface area (Å²) in [5.74, 6) is 0.599. The van der Waals surface area contributed by atoms with Crippen molar-refractivity contribution in [3.05, 3.63) is 24.3 Å². The molecule has 0 radical (unpaired) electrons. The van der Waals surface area contributed by atoms with Crippen LogP contribution in [-0.4, -0.2) is 44.3 Å². The standard InChI is InChI=1S/C18H27N3O4/c1-13(2)17(22)19-8-9-20-18(23)21-14-5-3-6-15(11-14)25-12-16-7-4-10-24-16/h3,5-6,11,13,16H,4,7-10,12H2,1-2H3,(H,19,22)(H2,20,21,23)/t16-/m0/s1. The van der Waals surface area contributed by atoms with Crippen molar-refractivity contribution in [3.8, 4) is 5.75 Å². The monoisotopic (exact) mass is 349 g/mol. The van der Waals surface area contributed by atoms with Crippen LogP contribution in [0.2, 0.25) is 0 Å². The van der Waals surface area contributed by atoms with Gasteiger partial charge in [0, 0.05) is 37.4 Å². The van der Waals surface area contributed by atoms with Crippen LogP contribution in [0.25, 0.3) is 0 Å². The Bertz CT molecular complexity index is 571. The Morgan fingerprint density at radius 1 is 1.28 bits per heavy atom. The fourth-order valence-electron chi connectivity index (χ4n) is 2.37. The Hall–Kier alpha value is -2.28. The van der Waals surface area contributed by atoms with Crippen molar-refractivity contribution < 1.29 is 19.1 Å². The van der Waals surface area contributed by atoms with Crippen molar-refractivity contribution in [2.75, 3.05) is 31.6 Å². The molecule has 7 nitrogen and oxygen atoms in total. The highest BCUT2D eigenvalue weighted by Gasteiger charge is 2.16. The van der Waals surface area contributed by atoms with Gasteiger partial charge in [-0.05, 0) is 25.0 Å². The lowest BCUT2D eigenvalue weighted by molar-refractivity contribution is -0.123. The van der Waals surface area contributed by atoms with E-state index in [0.29, 0.717) is 31.1 Å². The molecule has 1 aromatic carbocycles. The van der Waals surface area contributed by atoms with Gasteiger partial charge < -0.3 is 25.4 Å². The second-order valence-corrected chi connectivity index (χ2v) is 6.30. The summed E-state index contributed by atoms with van der Waals surface area (Å²) in [5.41, 5.74) is 0.647. The molecule has 0 aromatic heterocycles. The summed E-state index contributed by atoms with van der Waals surface area (Å²) in [6, 6.07) is 6.91. The first-order valence-corrected chi connectivity index (χ1v) is 8.71. The lowest BCUT2D eigenvalue weighted by atomic mass is 10.2. The van der Waals surface area contributed by atoms with Crippen LogP contribution in [-0.2, 0) is 9.53 Å². The maximum atomic E-state index is 11.9. The van der Waals surface area contributed by atoms with Gasteiger partial charge in [-0.1, -0.05) is 19.9 Å². The number of amides is 3. The van der Waals surface area contributed by atoms with E-state index in [-0.39, 0.29) is 24.0 Å². The van der Waals surface area contributed by atoms with E-state index in [9.17, 15) is 9.59 Å². The number of nitrogens with one attached hydrogen (secondary N) is 3. The number of hydrogen-bond acceptors (Lipinski definition) is 4. The molecule has 1 fully saturated rings. The van der Waals surface area contributed by atoms with Gasteiger partial charge in [0.1, 0.15) is 12.4 Å². The predicted octanol–water partition coefficient (Wildman–Crippen LogP) is 2.14. The third-order valence-corrected chi connectivity index (χ3v) is 3.79. The lowest BCUT2D eigenvalue weighted by Crippen LogP contribution is -2.38. The van der Waals surface area contributed by atoms with E-state index < -0.39 is 0 Å². The molecule has 3 amide bonds. The molecule has 1 aliphatic rings. The van der Waals surface area contributed by atoms with E-state index in [1.807, 2.05) is 26.0 Å². The summed E-state index contributed by atoms with van der Waals surface area (Å²) in [4.78, 5) is 23.3. The van der Waals surface area contributed by atoms with Crippen LogP contribution in [0.1, 0.15) is 26.7 Å². The van der Waals surface area contributed by atoms with Crippen LogP contribution in [0.4, 0.5) is 10.5 Å². The lowest BCUT2D eigenvalue weighted by Gasteiger charge is -2.13. The van der Waals surface area contributed by atoms with Crippen LogP contribution in [0.15, 0.2) is 24.3 Å². The average Bonchev–Trinajstić information content (AvgIpc) is 3.10. The van der Waals surface area contributed by atoms with Gasteiger partial charge in [-0.15, -0.1) is 0 Å². The molecule has 0 spiro atoms. The van der Waals surface area contributed by atoms with Gasteiger partial charge in [-0.3, -0.25) is 4.79 Å². The molecular formula is C18H27N3O4. The summed E-state index contributed by atoms with van der Waals surface area (Å²) < 4.78 is 11.2. The number of hydrogen-bond donors (Lipinski definition) is 3. The van der Waals surface area contributed by atoms with Crippen LogP contribution < -0.4 is 20.7 Å². The largest absolute Gasteiger partial charge is 0.491 e. The molecule has 0 aliphatic carbocycles. The highest BCUT2D eigenvalue weighted by atomic mass is 16.5. The SMILES string of the molecule is CC(C)C(=O)NCCNC(=O)Nc1cccc(OC[C@@H]2CCCO2)c1. The molecule has 1 saturated heterocycles. The quantitative estimate of drug-likeness (QED) is 0.627. The zero-order chi connectivity index (χ0) is 18.1. The maximum absolute atomic E-state index is 11.9. The third kappa shape index (κ3) is 7.01. The highest BCUT2D eigenvalue weighted by molar-refractivity contribution is 5.89. The minimum Gasteiger partial charge on any atom is -0.491 e. The van der Waals surface area contributed by atoms with Gasteiger partial charge in [0.05, 0.1) is 6.10 Å². The number of urea groups is 1. The molecule has 1 atom stereocenters. The van der Waals surface area contributed by atoms with Gasteiger partial charge in [0.2, 0.25) is 5.91 Å². The van der Waals surface area contributed by atoms with E-state index in [4.69, 9.17) is 9.47 Å². The number of ether oxygens (including phenoxy) is 2. The summed E-state index contributed by atoms with van der Waals surface area (Å²) in [7, 11) is 0. The Morgan fingerprint density at radius 3 is 2.80 bits per heavy atom. The molecule has 7 heteroatoms. The van der Waals surface area contributed by atoms with Crippen LogP contribution in [0.3, 0.4) is 0 Å². The van der Waals surface area contributed by atoms with Crippen molar-refractivity contribution in [1.29, 1.82) is 0 Å². The van der Waals surface area contributed by atoms with E-state index >= 15 is 0 Å². The van der Waals surface area contributed by atoms with E-state index in [0.717, 1.165) is 19.4 Å². The van der Waals surface area contributed by atoms with Crippen LogP contribution in [0.5, 0.6) is 5.75 Å². The summed E-state index contributed by atoms with van der Waals surface area (Å²) in [5, 5.41) is 8.18. The smallest absolute Gasteiger partial charge is 0.319 e. The summed E-state index contributed by atoms with van der Waals surface area (Å²) >= 11 is 0. The molecular weight excluding hydrogens is 322 g/mol. The van der Waals surface area contributed by atoms with E-state index in [1.54, 1.807) is 12.1 Å². The van der Waals surface area contributed by atoms with Crippen molar-refractivity contribution in [1.82, 2.24) is 10.6 Å². The molecule has 138 valence electrons. The van der Waals surface area contributed by atoms with Crippen molar-refractivity contribution in [2.45, 2.75) is 32.8 Å². The fraction of sp³-hybridized carbons (Fsp3) is 0.556. The third-order valence-electron chi connectivity index (χ3n) is 3.79. The molecule has 25 heavy (non-hydrogen) atoms. The number of carbonyl (C=O) groups excluding carboxylic acids is 2. The van der Waals surface area contributed by atoms with Gasteiger partial charge in [0.25, 0.3) is 0 Å². The topological polar surface area (TPSA) is 88.7 Å². The molecule has 1 aliphatic heterocycles. The zero-order valence-corrected chi connectivity index (χ0v) is 14.8. The minimum absolute atomic E-state index is 0.0294. The number of rotatable bonds is 8. The molecule has 0 bridgehead atoms. The Morgan fingerprint density at radius 2 is 2.08 bits per heavy atom. The molecule has 1 aromatic rings. The van der Waals surface area contributed by atoms with Crippen molar-refractivity contribution >= 4 is 17.6 Å². The van der Waals surface area contributed by atoms with Crippen molar-refractivity contribution in [2.24, 2.45) is 5.92 Å². The fourth-order valence-corrected chi connectivity index (χ4v) is 2.37. The van der Waals surface area contributed by atoms with Crippen LogP contribution >= 0.6 is 0 Å². The Labute approximate surface area is 148 Å². The Balaban J connectivity index is 1.69. The summed E-state index contributed by atoms with van der Waals surface area (Å²) in [6.07, 6.45) is 2.25. The zero-order valence-electron chi connectivity index (χ0n) is 14.8. The maximum Gasteiger partial charge on any atom is 0.319 e. The Kier molecular flexibility index (Phi) is 7.53. The first-order chi connectivity index (χ1) is 12.0. The number of benzene rings is 1. The highest BCUT2D eigenvalue weighted by Crippen LogP contribution is 2.19. The molecule has 0 saturated carbocycles. The van der Waals surface area contributed by atoms with E-state index in [1.165, 1.54) is 0 Å². The average molecular weight is 349 g/mol. The first kappa shape index (κ1) is 19.1. The second-order valence-electron chi connectivity index (χ2n) is 6.30. The van der Waals surface area contributed by atoms with Crippen molar-refractivity contribution in [3.63, 3.8) is 0 Å². The minimum atomic E-state index is -0.324. The van der Waals surface area contributed by atoms with Gasteiger partial charge in [0.15, 0.2) is 0 Å². The van der Waals surface area contributed by atoms with E-state index in [2.05, 4.69) is 16.0 Å². The van der Waals surface area contributed by atoms with Gasteiger partial charge in [-0.25, -0.2) is 4.79 Å². The first-order valence-electron chi connectivity index (χ1n) is 8.71. The molecule has 1 heterocycles. The predicted molar refractivity (Wildman–Crippen MR) is 95.8 cm³/mol.